The van der Waals surface area contributed by atoms with Gasteiger partial charge in [-0.05, 0) is 6.07 Å². The van der Waals surface area contributed by atoms with Crippen molar-refractivity contribution in [3.05, 3.63) is 23.5 Å². The van der Waals surface area contributed by atoms with E-state index in [1.165, 1.54) is 11.3 Å². The highest BCUT2D eigenvalue weighted by molar-refractivity contribution is 5.81. The van der Waals surface area contributed by atoms with E-state index in [2.05, 4.69) is 29.0 Å². The summed E-state index contributed by atoms with van der Waals surface area (Å²) in [7, 11) is 4.04. The largest absolute Gasteiger partial charge is 0.352 e. The number of aryl methyl sites for hydroxylation is 1. The summed E-state index contributed by atoms with van der Waals surface area (Å²) in [5.41, 5.74) is 2.58. The van der Waals surface area contributed by atoms with Crippen LogP contribution in [0.4, 0.5) is 0 Å². The van der Waals surface area contributed by atoms with Crippen LogP contribution in [-0.4, -0.2) is 22.8 Å². The zero-order chi connectivity index (χ0) is 7.84. The van der Waals surface area contributed by atoms with E-state index < -0.39 is 0 Å². The molecule has 2 rings (SSSR count). The maximum absolute atomic E-state index is 4.18. The molecule has 1 aliphatic rings. The minimum atomic E-state index is 0.912. The van der Waals surface area contributed by atoms with Crippen molar-refractivity contribution in [3.8, 4) is 0 Å². The predicted molar refractivity (Wildman–Crippen MR) is 44.5 cm³/mol. The van der Waals surface area contributed by atoms with Gasteiger partial charge in [0.05, 0.1) is 12.8 Å². The van der Waals surface area contributed by atoms with E-state index >= 15 is 0 Å². The summed E-state index contributed by atoms with van der Waals surface area (Å²) in [5.74, 6) is 0. The molecule has 0 fully saturated rings. The Morgan fingerprint density at radius 2 is 2.27 bits per heavy atom. The second-order valence-corrected chi connectivity index (χ2v) is 2.89. The number of aromatic nitrogens is 1. The van der Waals surface area contributed by atoms with E-state index in [-0.39, 0.29) is 0 Å². The van der Waals surface area contributed by atoms with Gasteiger partial charge in [0.2, 0.25) is 0 Å². The molecule has 0 spiro atoms. The lowest BCUT2D eigenvalue weighted by molar-refractivity contribution is 0.334. The molecule has 0 N–H and O–H groups in total. The van der Waals surface area contributed by atoms with Crippen LogP contribution in [0.15, 0.2) is 17.4 Å². The molecule has 0 radical (unpaired) electrons. The van der Waals surface area contributed by atoms with Gasteiger partial charge in [-0.25, -0.2) is 0 Å². The van der Waals surface area contributed by atoms with Crippen LogP contribution in [0.25, 0.3) is 0 Å². The Hall–Kier alpha value is -1.25. The Balaban J connectivity index is 2.48. The van der Waals surface area contributed by atoms with E-state index in [9.17, 15) is 0 Å². The molecule has 11 heavy (non-hydrogen) atoms. The first-order valence-corrected chi connectivity index (χ1v) is 3.66. The molecule has 3 nitrogen and oxygen atoms in total. The van der Waals surface area contributed by atoms with Gasteiger partial charge in [-0.1, -0.05) is 0 Å². The summed E-state index contributed by atoms with van der Waals surface area (Å²) >= 11 is 0. The Labute approximate surface area is 65.9 Å². The van der Waals surface area contributed by atoms with Crippen molar-refractivity contribution in [1.82, 2.24) is 9.58 Å². The number of fused-ring (bicyclic) bond motifs is 1. The second kappa shape index (κ2) is 2.12. The SMILES string of the molecule is CN1Cc2c(ccn2C)C=N1. The maximum atomic E-state index is 4.18. The molecule has 1 aliphatic heterocycles. The van der Waals surface area contributed by atoms with Gasteiger partial charge < -0.3 is 4.57 Å². The summed E-state index contributed by atoms with van der Waals surface area (Å²) in [6, 6.07) is 2.09. The molecular formula is C8H11N3. The van der Waals surface area contributed by atoms with Crippen molar-refractivity contribution in [2.45, 2.75) is 6.54 Å². The standard InChI is InChI=1S/C8H11N3/c1-10-4-3-7-5-9-11(2)6-8(7)10/h3-5H,6H2,1-2H3. The highest BCUT2D eigenvalue weighted by Gasteiger charge is 2.10. The molecular weight excluding hydrogens is 138 g/mol. The van der Waals surface area contributed by atoms with Crippen molar-refractivity contribution >= 4 is 6.21 Å². The molecule has 2 heterocycles. The summed E-state index contributed by atoms with van der Waals surface area (Å²) in [6.07, 6.45) is 3.97. The van der Waals surface area contributed by atoms with Crippen molar-refractivity contribution in [2.24, 2.45) is 12.1 Å². The molecule has 3 heteroatoms. The van der Waals surface area contributed by atoms with Gasteiger partial charge in [-0.15, -0.1) is 0 Å². The van der Waals surface area contributed by atoms with E-state index in [0.717, 1.165) is 6.54 Å². The number of rotatable bonds is 0. The summed E-state index contributed by atoms with van der Waals surface area (Å²) in [5, 5.41) is 6.11. The molecule has 0 unspecified atom stereocenters. The van der Waals surface area contributed by atoms with Gasteiger partial charge in [0.25, 0.3) is 0 Å². The van der Waals surface area contributed by atoms with Gasteiger partial charge >= 0.3 is 0 Å². The van der Waals surface area contributed by atoms with E-state index in [1.54, 1.807) is 0 Å². The molecule has 0 aliphatic carbocycles. The number of hydrazone groups is 1. The fraction of sp³-hybridized carbons (Fsp3) is 0.375. The molecule has 0 saturated heterocycles. The monoisotopic (exact) mass is 149 g/mol. The summed E-state index contributed by atoms with van der Waals surface area (Å²) < 4.78 is 2.14. The minimum Gasteiger partial charge on any atom is -0.352 e. The minimum absolute atomic E-state index is 0.912. The molecule has 58 valence electrons. The van der Waals surface area contributed by atoms with Gasteiger partial charge in [0.15, 0.2) is 0 Å². The zero-order valence-electron chi connectivity index (χ0n) is 6.78. The average molecular weight is 149 g/mol. The fourth-order valence-electron chi connectivity index (χ4n) is 1.32. The van der Waals surface area contributed by atoms with Crippen LogP contribution in [0.5, 0.6) is 0 Å². The van der Waals surface area contributed by atoms with Crippen LogP contribution in [0.1, 0.15) is 11.3 Å². The van der Waals surface area contributed by atoms with Crippen LogP contribution in [0.3, 0.4) is 0 Å². The molecule has 0 bridgehead atoms. The highest BCUT2D eigenvalue weighted by Crippen LogP contribution is 2.13. The van der Waals surface area contributed by atoms with Crippen LogP contribution in [0, 0.1) is 0 Å². The first kappa shape index (κ1) is 6.46. The Bertz CT molecular complexity index is 298. The molecule has 1 aromatic heterocycles. The van der Waals surface area contributed by atoms with Crippen molar-refractivity contribution in [1.29, 1.82) is 0 Å². The highest BCUT2D eigenvalue weighted by atomic mass is 15.4. The third-order valence-electron chi connectivity index (χ3n) is 2.01. The maximum Gasteiger partial charge on any atom is 0.0765 e. The van der Waals surface area contributed by atoms with Crippen LogP contribution < -0.4 is 0 Å². The first-order chi connectivity index (χ1) is 5.27. The van der Waals surface area contributed by atoms with Crippen LogP contribution in [0.2, 0.25) is 0 Å². The van der Waals surface area contributed by atoms with Crippen molar-refractivity contribution in [3.63, 3.8) is 0 Å². The Morgan fingerprint density at radius 1 is 1.45 bits per heavy atom. The third kappa shape index (κ3) is 0.926. The number of hydrogen-bond acceptors (Lipinski definition) is 2. The average Bonchev–Trinajstić information content (AvgIpc) is 2.33. The lowest BCUT2D eigenvalue weighted by Gasteiger charge is -2.18. The number of hydrogen-bond donors (Lipinski definition) is 0. The first-order valence-electron chi connectivity index (χ1n) is 3.66. The van der Waals surface area contributed by atoms with E-state index in [4.69, 9.17) is 0 Å². The van der Waals surface area contributed by atoms with E-state index in [1.807, 2.05) is 18.3 Å². The predicted octanol–water partition coefficient (Wildman–Crippen LogP) is 0.804. The van der Waals surface area contributed by atoms with Crippen molar-refractivity contribution < 1.29 is 0 Å². The summed E-state index contributed by atoms with van der Waals surface area (Å²) in [6.45, 7) is 0.912. The third-order valence-corrected chi connectivity index (χ3v) is 2.01. The molecule has 0 saturated carbocycles. The Morgan fingerprint density at radius 3 is 3.09 bits per heavy atom. The van der Waals surface area contributed by atoms with Crippen molar-refractivity contribution in [2.75, 3.05) is 7.05 Å². The zero-order valence-corrected chi connectivity index (χ0v) is 6.78. The lowest BCUT2D eigenvalue weighted by Crippen LogP contribution is -2.18. The fourth-order valence-corrected chi connectivity index (χ4v) is 1.32. The van der Waals surface area contributed by atoms with Crippen LogP contribution in [-0.2, 0) is 13.6 Å². The lowest BCUT2D eigenvalue weighted by atomic mass is 10.2. The molecule has 0 atom stereocenters. The Kier molecular flexibility index (Phi) is 1.24. The summed E-state index contributed by atoms with van der Waals surface area (Å²) in [4.78, 5) is 0. The molecule has 1 aromatic rings. The number of nitrogens with zero attached hydrogens (tertiary/aromatic N) is 3. The normalized spacial score (nSPS) is 15.3. The smallest absolute Gasteiger partial charge is 0.0765 e. The van der Waals surface area contributed by atoms with Gasteiger partial charge in [-0.2, -0.15) is 5.10 Å². The second-order valence-electron chi connectivity index (χ2n) is 2.89. The van der Waals surface area contributed by atoms with Gasteiger partial charge in [0, 0.05) is 31.5 Å². The molecule has 0 amide bonds. The van der Waals surface area contributed by atoms with E-state index in [0.29, 0.717) is 0 Å². The molecule has 0 aromatic carbocycles. The van der Waals surface area contributed by atoms with Gasteiger partial charge in [0.1, 0.15) is 0 Å². The quantitative estimate of drug-likeness (QED) is 0.534. The topological polar surface area (TPSA) is 20.5 Å². The van der Waals surface area contributed by atoms with Crippen LogP contribution >= 0.6 is 0 Å². The van der Waals surface area contributed by atoms with Gasteiger partial charge in [-0.3, -0.25) is 5.01 Å².